The molecule has 0 spiro atoms. The maximum absolute atomic E-state index is 2.00. The third-order valence-electron chi connectivity index (χ3n) is 2.63. The molecule has 0 aromatic rings. The molecule has 0 aliphatic heterocycles. The fourth-order valence-corrected chi connectivity index (χ4v) is 2.17. The molecule has 0 heteroatoms. The predicted molar refractivity (Wildman–Crippen MR) is 52.8 cm³/mol. The third kappa shape index (κ3) is 3.27. The van der Waals surface area contributed by atoms with Crippen molar-refractivity contribution in [3.63, 3.8) is 0 Å². The van der Waals surface area contributed by atoms with Crippen molar-refractivity contribution in [3.8, 4) is 0 Å². The lowest BCUT2D eigenvalue weighted by Crippen LogP contribution is -1.90. The van der Waals surface area contributed by atoms with Gasteiger partial charge < -0.3 is 0 Å². The van der Waals surface area contributed by atoms with E-state index in [1.54, 1.807) is 32.1 Å². The van der Waals surface area contributed by atoms with Crippen LogP contribution in [0.2, 0.25) is 0 Å². The summed E-state index contributed by atoms with van der Waals surface area (Å²) in [4.78, 5) is 0. The minimum Gasteiger partial charge on any atom is -0.0683 e. The highest BCUT2D eigenvalue weighted by molar-refractivity contribution is 4.82. The Balaban J connectivity index is 0.000000222. The molecular weight excluding hydrogens is 132 g/mol. The van der Waals surface area contributed by atoms with E-state index < -0.39 is 0 Å². The van der Waals surface area contributed by atoms with Crippen LogP contribution in [0, 0.1) is 11.8 Å². The number of rotatable bonds is 0. The summed E-state index contributed by atoms with van der Waals surface area (Å²) in [6.45, 7) is 8.00. The number of hydrogen-bond acceptors (Lipinski definition) is 0. The Morgan fingerprint density at radius 1 is 0.636 bits per heavy atom. The smallest absolute Gasteiger partial charge is 0.0411 e. The first-order valence-corrected chi connectivity index (χ1v) is 5.45. The van der Waals surface area contributed by atoms with E-state index in [2.05, 4.69) is 0 Å². The van der Waals surface area contributed by atoms with Crippen molar-refractivity contribution in [2.24, 2.45) is 11.8 Å². The van der Waals surface area contributed by atoms with Gasteiger partial charge in [0.15, 0.2) is 0 Å². The van der Waals surface area contributed by atoms with Gasteiger partial charge in [0.1, 0.15) is 0 Å². The third-order valence-corrected chi connectivity index (χ3v) is 2.63. The lowest BCUT2D eigenvalue weighted by molar-refractivity contribution is 0.480. The quantitative estimate of drug-likeness (QED) is 0.492. The molecule has 0 aromatic carbocycles. The molecule has 2 rings (SSSR count). The Morgan fingerprint density at radius 3 is 1.00 bits per heavy atom. The minimum absolute atomic E-state index is 1.17. The van der Waals surface area contributed by atoms with Gasteiger partial charge in [-0.15, -0.1) is 0 Å². The number of fused-ring (bicyclic) bond motifs is 2. The predicted octanol–water partition coefficient (Wildman–Crippen LogP) is 4.25. The van der Waals surface area contributed by atoms with Crippen LogP contribution in [0.1, 0.15) is 59.8 Å². The van der Waals surface area contributed by atoms with Gasteiger partial charge in [0.25, 0.3) is 0 Å². The second kappa shape index (κ2) is 6.69. The monoisotopic (exact) mass is 156 g/mol. The molecule has 11 heavy (non-hydrogen) atoms. The minimum atomic E-state index is 1.17. The molecular formula is C11H24. The summed E-state index contributed by atoms with van der Waals surface area (Å²) >= 11 is 0. The molecule has 2 aliphatic carbocycles. The van der Waals surface area contributed by atoms with Crippen molar-refractivity contribution in [3.05, 3.63) is 0 Å². The molecule has 0 unspecified atom stereocenters. The SMILES string of the molecule is C1CC2CCC1C2.CC.CC. The largest absolute Gasteiger partial charge is 0.0683 e. The molecule has 0 saturated heterocycles. The lowest BCUT2D eigenvalue weighted by atomic mass is 10.0. The summed E-state index contributed by atoms with van der Waals surface area (Å²) in [6, 6.07) is 0. The zero-order chi connectivity index (χ0) is 8.69. The average molecular weight is 156 g/mol. The Labute approximate surface area is 72.4 Å². The van der Waals surface area contributed by atoms with E-state index in [0.29, 0.717) is 0 Å². The Kier molecular flexibility index (Phi) is 6.69. The van der Waals surface area contributed by atoms with Gasteiger partial charge in [-0.05, 0) is 18.3 Å². The summed E-state index contributed by atoms with van der Waals surface area (Å²) in [7, 11) is 0. The van der Waals surface area contributed by atoms with Gasteiger partial charge in [-0.25, -0.2) is 0 Å². The highest BCUT2D eigenvalue weighted by Gasteiger charge is 2.30. The molecule has 2 fully saturated rings. The molecule has 0 amide bonds. The fraction of sp³-hybridized carbons (Fsp3) is 1.00. The van der Waals surface area contributed by atoms with Crippen LogP contribution < -0.4 is 0 Å². The van der Waals surface area contributed by atoms with Crippen LogP contribution >= 0.6 is 0 Å². The van der Waals surface area contributed by atoms with E-state index in [4.69, 9.17) is 0 Å². The molecule has 68 valence electrons. The summed E-state index contributed by atoms with van der Waals surface area (Å²) < 4.78 is 0. The van der Waals surface area contributed by atoms with E-state index in [0.717, 1.165) is 0 Å². The number of hydrogen-bond donors (Lipinski definition) is 0. The zero-order valence-corrected chi connectivity index (χ0v) is 8.69. The van der Waals surface area contributed by atoms with Crippen LogP contribution in [-0.4, -0.2) is 0 Å². The normalized spacial score (nSPS) is 31.6. The highest BCUT2D eigenvalue weighted by Crippen LogP contribution is 2.43. The van der Waals surface area contributed by atoms with E-state index in [1.165, 1.54) is 11.8 Å². The van der Waals surface area contributed by atoms with Crippen molar-refractivity contribution in [1.82, 2.24) is 0 Å². The molecule has 0 heterocycles. The maximum atomic E-state index is 2.00. The van der Waals surface area contributed by atoms with E-state index in [9.17, 15) is 0 Å². The van der Waals surface area contributed by atoms with Crippen molar-refractivity contribution < 1.29 is 0 Å². The Morgan fingerprint density at radius 2 is 0.909 bits per heavy atom. The Hall–Kier alpha value is 0. The van der Waals surface area contributed by atoms with Crippen LogP contribution in [0.25, 0.3) is 0 Å². The Bertz CT molecular complexity index is 58.1. The molecule has 0 radical (unpaired) electrons. The highest BCUT2D eigenvalue weighted by atomic mass is 14.4. The summed E-state index contributed by atoms with van der Waals surface area (Å²) in [5.74, 6) is 2.34. The molecule has 0 atom stereocenters. The van der Waals surface area contributed by atoms with Crippen LogP contribution in [0.4, 0.5) is 0 Å². The first-order chi connectivity index (χ1) is 5.45. The van der Waals surface area contributed by atoms with Gasteiger partial charge in [-0.1, -0.05) is 53.4 Å². The maximum Gasteiger partial charge on any atom is -0.0411 e. The average Bonchev–Trinajstić information content (AvgIpc) is 2.74. The first-order valence-electron chi connectivity index (χ1n) is 5.45. The van der Waals surface area contributed by atoms with Crippen molar-refractivity contribution in [2.45, 2.75) is 59.8 Å². The van der Waals surface area contributed by atoms with Crippen LogP contribution in [-0.2, 0) is 0 Å². The second-order valence-electron chi connectivity index (χ2n) is 3.12. The summed E-state index contributed by atoms with van der Waals surface area (Å²) in [5, 5.41) is 0. The van der Waals surface area contributed by atoms with E-state index >= 15 is 0 Å². The molecule has 2 aliphatic rings. The zero-order valence-electron chi connectivity index (χ0n) is 8.69. The summed E-state index contributed by atoms with van der Waals surface area (Å²) in [6.07, 6.45) is 7.82. The van der Waals surface area contributed by atoms with Gasteiger partial charge in [0.05, 0.1) is 0 Å². The van der Waals surface area contributed by atoms with Gasteiger partial charge in [0, 0.05) is 0 Å². The molecule has 2 saturated carbocycles. The molecule has 0 nitrogen and oxygen atoms in total. The fourth-order valence-electron chi connectivity index (χ4n) is 2.17. The van der Waals surface area contributed by atoms with Gasteiger partial charge >= 0.3 is 0 Å². The van der Waals surface area contributed by atoms with Gasteiger partial charge in [-0.2, -0.15) is 0 Å². The van der Waals surface area contributed by atoms with Crippen LogP contribution in [0.5, 0.6) is 0 Å². The summed E-state index contributed by atoms with van der Waals surface area (Å²) in [5.41, 5.74) is 0. The van der Waals surface area contributed by atoms with Crippen LogP contribution in [0.15, 0.2) is 0 Å². The van der Waals surface area contributed by atoms with Crippen molar-refractivity contribution in [1.29, 1.82) is 0 Å². The second-order valence-corrected chi connectivity index (χ2v) is 3.12. The van der Waals surface area contributed by atoms with E-state index in [1.807, 2.05) is 27.7 Å². The van der Waals surface area contributed by atoms with Crippen molar-refractivity contribution >= 4 is 0 Å². The molecule has 0 N–H and O–H groups in total. The van der Waals surface area contributed by atoms with E-state index in [-0.39, 0.29) is 0 Å². The first kappa shape index (κ1) is 11.0. The topological polar surface area (TPSA) is 0 Å². The molecule has 2 bridgehead atoms. The lowest BCUT2D eigenvalue weighted by Gasteiger charge is -2.05. The molecule has 0 aromatic heterocycles. The van der Waals surface area contributed by atoms with Crippen molar-refractivity contribution in [2.75, 3.05) is 0 Å². The standard InChI is InChI=1S/C7H12.2C2H6/c1-2-7-4-3-6(1)5-7;2*1-2/h6-7H,1-5H2;2*1-2H3. The van der Waals surface area contributed by atoms with Gasteiger partial charge in [0.2, 0.25) is 0 Å². The van der Waals surface area contributed by atoms with Gasteiger partial charge in [-0.3, -0.25) is 0 Å². The van der Waals surface area contributed by atoms with Crippen LogP contribution in [0.3, 0.4) is 0 Å².